The second-order valence-corrected chi connectivity index (χ2v) is 4.14. The molecule has 2 nitrogen and oxygen atoms in total. The fraction of sp³-hybridized carbons (Fsp3) is 0.545. The van der Waals surface area contributed by atoms with Crippen LogP contribution in [-0.2, 0) is 6.42 Å². The first-order valence-electron chi connectivity index (χ1n) is 4.88. The Hall–Kier alpha value is -0.890. The van der Waals surface area contributed by atoms with Crippen LogP contribution in [0, 0.1) is 5.92 Å². The van der Waals surface area contributed by atoms with E-state index < -0.39 is 0 Å². The van der Waals surface area contributed by atoms with Crippen molar-refractivity contribution in [3.05, 3.63) is 29.6 Å². The van der Waals surface area contributed by atoms with Gasteiger partial charge in [0.05, 0.1) is 0 Å². The Balaban J connectivity index is 2.40. The molecule has 0 radical (unpaired) electrons. The van der Waals surface area contributed by atoms with E-state index in [9.17, 15) is 0 Å². The molecule has 0 saturated carbocycles. The largest absolute Gasteiger partial charge is 0.327 e. The van der Waals surface area contributed by atoms with Crippen molar-refractivity contribution in [1.82, 2.24) is 4.98 Å². The molecule has 2 N–H and O–H groups in total. The average molecular weight is 176 g/mol. The molecule has 1 aliphatic carbocycles. The van der Waals surface area contributed by atoms with Crippen LogP contribution in [0.2, 0.25) is 0 Å². The van der Waals surface area contributed by atoms with Crippen molar-refractivity contribution in [2.45, 2.75) is 32.2 Å². The summed E-state index contributed by atoms with van der Waals surface area (Å²) in [7, 11) is 0. The first-order valence-corrected chi connectivity index (χ1v) is 4.88. The van der Waals surface area contributed by atoms with Gasteiger partial charge in [0, 0.05) is 24.4 Å². The smallest absolute Gasteiger partial charge is 0.0306 e. The Labute approximate surface area is 79.2 Å². The minimum atomic E-state index is 0.237. The van der Waals surface area contributed by atoms with Crippen molar-refractivity contribution in [2.24, 2.45) is 11.7 Å². The van der Waals surface area contributed by atoms with E-state index in [4.69, 9.17) is 5.73 Å². The molecule has 1 aromatic rings. The molecular formula is C11H16N2. The van der Waals surface area contributed by atoms with Crippen molar-refractivity contribution >= 4 is 0 Å². The van der Waals surface area contributed by atoms with Gasteiger partial charge in [-0.2, -0.15) is 0 Å². The highest BCUT2D eigenvalue weighted by Gasteiger charge is 2.31. The number of nitrogens with zero attached hydrogens (tertiary/aromatic N) is 1. The lowest BCUT2D eigenvalue weighted by molar-refractivity contribution is 0.439. The highest BCUT2D eigenvalue weighted by atomic mass is 14.7. The minimum absolute atomic E-state index is 0.237. The number of aromatic nitrogens is 1. The zero-order chi connectivity index (χ0) is 9.42. The zero-order valence-corrected chi connectivity index (χ0v) is 8.20. The number of pyridine rings is 1. The minimum Gasteiger partial charge on any atom is -0.327 e. The highest BCUT2D eigenvalue weighted by molar-refractivity contribution is 5.34. The molecule has 1 aliphatic rings. The van der Waals surface area contributed by atoms with Crippen LogP contribution in [0.15, 0.2) is 18.5 Å². The van der Waals surface area contributed by atoms with E-state index in [1.807, 2.05) is 12.4 Å². The van der Waals surface area contributed by atoms with Crippen LogP contribution in [0.25, 0.3) is 0 Å². The second-order valence-electron chi connectivity index (χ2n) is 4.14. The van der Waals surface area contributed by atoms with Crippen molar-refractivity contribution in [1.29, 1.82) is 0 Å². The van der Waals surface area contributed by atoms with E-state index in [-0.39, 0.29) is 6.04 Å². The number of nitrogens with two attached hydrogens (primary N) is 1. The van der Waals surface area contributed by atoms with Gasteiger partial charge in [-0.1, -0.05) is 6.92 Å². The van der Waals surface area contributed by atoms with Crippen LogP contribution in [0.4, 0.5) is 0 Å². The van der Waals surface area contributed by atoms with Crippen LogP contribution in [-0.4, -0.2) is 11.0 Å². The summed E-state index contributed by atoms with van der Waals surface area (Å²) in [6.07, 6.45) is 5.01. The SMILES string of the molecule is CC(N)C1c2cnccc2CC1C. The van der Waals surface area contributed by atoms with E-state index in [1.165, 1.54) is 11.1 Å². The Morgan fingerprint density at radius 3 is 3.08 bits per heavy atom. The maximum atomic E-state index is 5.98. The van der Waals surface area contributed by atoms with Crippen LogP contribution >= 0.6 is 0 Å². The molecule has 2 heteroatoms. The molecule has 13 heavy (non-hydrogen) atoms. The molecule has 0 fully saturated rings. The van der Waals surface area contributed by atoms with Crippen LogP contribution in [0.3, 0.4) is 0 Å². The summed E-state index contributed by atoms with van der Waals surface area (Å²) in [6, 6.07) is 2.36. The fourth-order valence-corrected chi connectivity index (χ4v) is 2.50. The summed E-state index contributed by atoms with van der Waals surface area (Å²) in [5.41, 5.74) is 8.78. The lowest BCUT2D eigenvalue weighted by atomic mass is 9.89. The first kappa shape index (κ1) is 8.70. The Morgan fingerprint density at radius 1 is 1.62 bits per heavy atom. The average Bonchev–Trinajstić information content (AvgIpc) is 2.39. The quantitative estimate of drug-likeness (QED) is 0.707. The molecule has 0 amide bonds. The van der Waals surface area contributed by atoms with E-state index >= 15 is 0 Å². The van der Waals surface area contributed by atoms with Crippen molar-refractivity contribution < 1.29 is 0 Å². The van der Waals surface area contributed by atoms with Crippen molar-refractivity contribution in [2.75, 3.05) is 0 Å². The highest BCUT2D eigenvalue weighted by Crippen LogP contribution is 2.38. The number of fused-ring (bicyclic) bond motifs is 1. The normalized spacial score (nSPS) is 28.5. The molecule has 2 rings (SSSR count). The lowest BCUT2D eigenvalue weighted by Gasteiger charge is -2.20. The maximum Gasteiger partial charge on any atom is 0.0306 e. The van der Waals surface area contributed by atoms with Gasteiger partial charge in [0.15, 0.2) is 0 Å². The molecule has 0 aliphatic heterocycles. The third-order valence-electron chi connectivity index (χ3n) is 3.03. The predicted molar refractivity (Wildman–Crippen MR) is 53.5 cm³/mol. The van der Waals surface area contributed by atoms with Crippen LogP contribution in [0.1, 0.15) is 30.9 Å². The van der Waals surface area contributed by atoms with E-state index in [0.717, 1.165) is 6.42 Å². The van der Waals surface area contributed by atoms with Crippen molar-refractivity contribution in [3.8, 4) is 0 Å². The predicted octanol–water partition coefficient (Wildman–Crippen LogP) is 1.70. The third kappa shape index (κ3) is 1.35. The number of hydrogen-bond acceptors (Lipinski definition) is 2. The molecule has 70 valence electrons. The van der Waals surface area contributed by atoms with Gasteiger partial charge in [0.25, 0.3) is 0 Å². The zero-order valence-electron chi connectivity index (χ0n) is 8.20. The molecule has 3 unspecified atom stereocenters. The van der Waals surface area contributed by atoms with Gasteiger partial charge < -0.3 is 5.73 Å². The Bertz CT molecular complexity index is 307. The molecule has 0 aromatic carbocycles. The standard InChI is InChI=1S/C11H16N2/c1-7-5-9-3-4-13-6-10(9)11(7)8(2)12/h3-4,6-8,11H,5,12H2,1-2H3. The monoisotopic (exact) mass is 176 g/mol. The molecule has 0 bridgehead atoms. The van der Waals surface area contributed by atoms with Gasteiger partial charge in [-0.15, -0.1) is 0 Å². The summed E-state index contributed by atoms with van der Waals surface area (Å²) in [5.74, 6) is 1.17. The summed E-state index contributed by atoms with van der Waals surface area (Å²) in [4.78, 5) is 4.17. The Kier molecular flexibility index (Phi) is 2.08. The van der Waals surface area contributed by atoms with Crippen LogP contribution < -0.4 is 5.73 Å². The van der Waals surface area contributed by atoms with Crippen LogP contribution in [0.5, 0.6) is 0 Å². The van der Waals surface area contributed by atoms with Gasteiger partial charge in [-0.25, -0.2) is 0 Å². The van der Waals surface area contributed by atoms with Gasteiger partial charge in [-0.3, -0.25) is 4.98 Å². The molecular weight excluding hydrogens is 160 g/mol. The van der Waals surface area contributed by atoms with Gasteiger partial charge >= 0.3 is 0 Å². The summed E-state index contributed by atoms with van der Waals surface area (Å²) in [6.45, 7) is 4.36. The fourth-order valence-electron chi connectivity index (χ4n) is 2.50. The van der Waals surface area contributed by atoms with Gasteiger partial charge in [0.1, 0.15) is 0 Å². The van der Waals surface area contributed by atoms with Gasteiger partial charge in [0.2, 0.25) is 0 Å². The summed E-state index contributed by atoms with van der Waals surface area (Å²) >= 11 is 0. The van der Waals surface area contributed by atoms with E-state index in [2.05, 4.69) is 24.9 Å². The van der Waals surface area contributed by atoms with E-state index in [1.54, 1.807) is 0 Å². The first-order chi connectivity index (χ1) is 6.20. The summed E-state index contributed by atoms with van der Waals surface area (Å²) < 4.78 is 0. The van der Waals surface area contributed by atoms with Gasteiger partial charge in [-0.05, 0) is 36.5 Å². The second kappa shape index (κ2) is 3.11. The molecule has 1 heterocycles. The molecule has 1 aromatic heterocycles. The van der Waals surface area contributed by atoms with E-state index in [0.29, 0.717) is 11.8 Å². The molecule has 0 saturated heterocycles. The maximum absolute atomic E-state index is 5.98. The molecule has 3 atom stereocenters. The number of hydrogen-bond donors (Lipinski definition) is 1. The molecule has 0 spiro atoms. The topological polar surface area (TPSA) is 38.9 Å². The number of rotatable bonds is 1. The summed E-state index contributed by atoms with van der Waals surface area (Å²) in [5, 5.41) is 0. The third-order valence-corrected chi connectivity index (χ3v) is 3.03. The Morgan fingerprint density at radius 2 is 2.38 bits per heavy atom. The lowest BCUT2D eigenvalue weighted by Crippen LogP contribution is -2.27. The van der Waals surface area contributed by atoms with Crippen molar-refractivity contribution in [3.63, 3.8) is 0 Å².